The third kappa shape index (κ3) is 2.79. The van der Waals surface area contributed by atoms with Crippen molar-refractivity contribution in [3.63, 3.8) is 0 Å². The number of rotatable bonds is 4. The molecule has 2 aromatic heterocycles. The van der Waals surface area contributed by atoms with E-state index in [0.717, 1.165) is 11.3 Å². The first-order chi connectivity index (χ1) is 9.09. The first kappa shape index (κ1) is 12.8. The topological polar surface area (TPSA) is 101 Å². The van der Waals surface area contributed by atoms with E-state index in [1.165, 1.54) is 12.3 Å². The third-order valence-electron chi connectivity index (χ3n) is 2.76. The Balaban J connectivity index is 2.19. The highest BCUT2D eigenvalue weighted by molar-refractivity contribution is 5.96. The van der Waals surface area contributed by atoms with E-state index in [0.29, 0.717) is 12.4 Å². The number of nitrogens with zero attached hydrogens (tertiary/aromatic N) is 2. The van der Waals surface area contributed by atoms with Crippen LogP contribution in [0.25, 0.3) is 0 Å². The van der Waals surface area contributed by atoms with Gasteiger partial charge < -0.3 is 16.2 Å². The van der Waals surface area contributed by atoms with Crippen LogP contribution in [-0.2, 0) is 6.54 Å². The predicted octanol–water partition coefficient (Wildman–Crippen LogP) is 1.68. The molecule has 19 heavy (non-hydrogen) atoms. The molecule has 0 unspecified atom stereocenters. The number of anilines is 2. The van der Waals surface area contributed by atoms with Gasteiger partial charge in [-0.1, -0.05) is 6.07 Å². The van der Waals surface area contributed by atoms with E-state index >= 15 is 0 Å². The van der Waals surface area contributed by atoms with Gasteiger partial charge in [-0.05, 0) is 24.6 Å². The molecular formula is C13H14N4O2. The molecule has 0 aliphatic carbocycles. The number of nitrogen functional groups attached to an aromatic ring is 1. The van der Waals surface area contributed by atoms with Crippen LogP contribution in [0.3, 0.4) is 0 Å². The molecule has 6 nitrogen and oxygen atoms in total. The third-order valence-corrected chi connectivity index (χ3v) is 2.76. The molecule has 0 radical (unpaired) electrons. The van der Waals surface area contributed by atoms with Crippen LogP contribution in [0.5, 0.6) is 0 Å². The number of carboxylic acids is 1. The molecule has 0 aliphatic rings. The summed E-state index contributed by atoms with van der Waals surface area (Å²) in [6.07, 6.45) is 3.11. The highest BCUT2D eigenvalue weighted by atomic mass is 16.4. The van der Waals surface area contributed by atoms with Crippen molar-refractivity contribution in [1.29, 1.82) is 0 Å². The summed E-state index contributed by atoms with van der Waals surface area (Å²) in [5, 5.41) is 12.0. The van der Waals surface area contributed by atoms with Gasteiger partial charge in [0.15, 0.2) is 0 Å². The smallest absolute Gasteiger partial charge is 0.337 e. The van der Waals surface area contributed by atoms with Gasteiger partial charge in [0.25, 0.3) is 0 Å². The Bertz CT molecular complexity index is 613. The van der Waals surface area contributed by atoms with Gasteiger partial charge in [-0.25, -0.2) is 9.78 Å². The molecule has 6 heteroatoms. The lowest BCUT2D eigenvalue weighted by Crippen LogP contribution is -2.10. The van der Waals surface area contributed by atoms with Crippen molar-refractivity contribution >= 4 is 17.5 Å². The molecule has 0 bridgehead atoms. The van der Waals surface area contributed by atoms with Crippen molar-refractivity contribution in [2.75, 3.05) is 11.1 Å². The Hall–Kier alpha value is -2.63. The number of hydrogen-bond acceptors (Lipinski definition) is 5. The van der Waals surface area contributed by atoms with Crippen molar-refractivity contribution < 1.29 is 9.90 Å². The average Bonchev–Trinajstić information content (AvgIpc) is 2.39. The monoisotopic (exact) mass is 258 g/mol. The normalized spacial score (nSPS) is 10.2. The van der Waals surface area contributed by atoms with Crippen LogP contribution in [0.2, 0.25) is 0 Å². The van der Waals surface area contributed by atoms with Gasteiger partial charge in [-0.3, -0.25) is 4.98 Å². The minimum atomic E-state index is -1.07. The maximum Gasteiger partial charge on any atom is 0.337 e. The van der Waals surface area contributed by atoms with E-state index in [1.54, 1.807) is 6.20 Å². The Morgan fingerprint density at radius 2 is 2.16 bits per heavy atom. The standard InChI is InChI=1S/C13H14N4O2/c1-8-3-2-5-15-10(8)7-17-12-11(14)9(13(18)19)4-6-16-12/h2-6H,7,14H2,1H3,(H,16,17)(H,18,19). The summed E-state index contributed by atoms with van der Waals surface area (Å²) in [4.78, 5) is 19.2. The van der Waals surface area contributed by atoms with Crippen molar-refractivity contribution in [2.24, 2.45) is 0 Å². The fourth-order valence-electron chi connectivity index (χ4n) is 1.67. The summed E-state index contributed by atoms with van der Waals surface area (Å²) in [6, 6.07) is 5.18. The van der Waals surface area contributed by atoms with Crippen LogP contribution in [0.15, 0.2) is 30.6 Å². The van der Waals surface area contributed by atoms with Crippen molar-refractivity contribution in [2.45, 2.75) is 13.5 Å². The number of aromatic nitrogens is 2. The predicted molar refractivity (Wildman–Crippen MR) is 71.9 cm³/mol. The molecule has 0 amide bonds. The van der Waals surface area contributed by atoms with Crippen LogP contribution in [-0.4, -0.2) is 21.0 Å². The second-order valence-electron chi connectivity index (χ2n) is 4.05. The van der Waals surface area contributed by atoms with Crippen molar-refractivity contribution in [3.05, 3.63) is 47.4 Å². The van der Waals surface area contributed by atoms with E-state index in [9.17, 15) is 4.79 Å². The number of pyridine rings is 2. The summed E-state index contributed by atoms with van der Waals surface area (Å²) in [5.41, 5.74) is 7.84. The summed E-state index contributed by atoms with van der Waals surface area (Å²) in [5.74, 6) is -0.720. The number of nitrogens with one attached hydrogen (secondary N) is 1. The summed E-state index contributed by atoms with van der Waals surface area (Å²) in [6.45, 7) is 2.39. The van der Waals surface area contributed by atoms with Crippen LogP contribution in [0.1, 0.15) is 21.6 Å². The molecular weight excluding hydrogens is 244 g/mol. The Labute approximate surface area is 110 Å². The molecule has 2 rings (SSSR count). The van der Waals surface area contributed by atoms with Gasteiger partial charge in [-0.15, -0.1) is 0 Å². The molecule has 0 aromatic carbocycles. The Morgan fingerprint density at radius 1 is 1.37 bits per heavy atom. The van der Waals surface area contributed by atoms with E-state index in [-0.39, 0.29) is 11.3 Å². The second-order valence-corrected chi connectivity index (χ2v) is 4.05. The Kier molecular flexibility index (Phi) is 3.61. The minimum Gasteiger partial charge on any atom is -0.478 e. The summed E-state index contributed by atoms with van der Waals surface area (Å²) >= 11 is 0. The molecule has 98 valence electrons. The lowest BCUT2D eigenvalue weighted by molar-refractivity contribution is 0.0698. The number of aryl methyl sites for hydroxylation is 1. The maximum atomic E-state index is 11.0. The van der Waals surface area contributed by atoms with Gasteiger partial charge in [-0.2, -0.15) is 0 Å². The average molecular weight is 258 g/mol. The van der Waals surface area contributed by atoms with Gasteiger partial charge in [0, 0.05) is 12.4 Å². The Morgan fingerprint density at radius 3 is 2.84 bits per heavy atom. The zero-order valence-corrected chi connectivity index (χ0v) is 10.4. The number of carbonyl (C=O) groups is 1. The number of aromatic carboxylic acids is 1. The molecule has 0 atom stereocenters. The largest absolute Gasteiger partial charge is 0.478 e. The molecule has 0 aliphatic heterocycles. The summed E-state index contributed by atoms with van der Waals surface area (Å²) < 4.78 is 0. The van der Waals surface area contributed by atoms with Crippen LogP contribution < -0.4 is 11.1 Å². The fourth-order valence-corrected chi connectivity index (χ4v) is 1.67. The molecule has 0 spiro atoms. The highest BCUT2D eigenvalue weighted by Gasteiger charge is 2.12. The van der Waals surface area contributed by atoms with Crippen LogP contribution >= 0.6 is 0 Å². The second kappa shape index (κ2) is 5.34. The lowest BCUT2D eigenvalue weighted by atomic mass is 10.2. The number of hydrogen-bond donors (Lipinski definition) is 3. The lowest BCUT2D eigenvalue weighted by Gasteiger charge is -2.10. The molecule has 0 saturated heterocycles. The van der Waals surface area contributed by atoms with Gasteiger partial charge in [0.05, 0.1) is 23.5 Å². The van der Waals surface area contributed by atoms with Gasteiger partial charge in [0.2, 0.25) is 0 Å². The number of nitrogens with two attached hydrogens (primary N) is 1. The number of carboxylic acid groups (broad SMARTS) is 1. The molecule has 0 saturated carbocycles. The zero-order valence-electron chi connectivity index (χ0n) is 10.4. The highest BCUT2D eigenvalue weighted by Crippen LogP contribution is 2.20. The van der Waals surface area contributed by atoms with E-state index in [1.807, 2.05) is 19.1 Å². The van der Waals surface area contributed by atoms with E-state index < -0.39 is 5.97 Å². The van der Waals surface area contributed by atoms with Crippen LogP contribution in [0.4, 0.5) is 11.5 Å². The zero-order chi connectivity index (χ0) is 13.8. The molecule has 4 N–H and O–H groups in total. The maximum absolute atomic E-state index is 11.0. The molecule has 0 fully saturated rings. The van der Waals surface area contributed by atoms with Gasteiger partial charge >= 0.3 is 5.97 Å². The van der Waals surface area contributed by atoms with Gasteiger partial charge in [0.1, 0.15) is 5.82 Å². The van der Waals surface area contributed by atoms with E-state index in [4.69, 9.17) is 10.8 Å². The first-order valence-electron chi connectivity index (χ1n) is 5.71. The minimum absolute atomic E-state index is 0.0373. The quantitative estimate of drug-likeness (QED) is 0.771. The first-order valence-corrected chi connectivity index (χ1v) is 5.71. The fraction of sp³-hybridized carbons (Fsp3) is 0.154. The summed E-state index contributed by atoms with van der Waals surface area (Å²) in [7, 11) is 0. The van der Waals surface area contributed by atoms with Crippen molar-refractivity contribution in [3.8, 4) is 0 Å². The van der Waals surface area contributed by atoms with E-state index in [2.05, 4.69) is 15.3 Å². The van der Waals surface area contributed by atoms with Crippen molar-refractivity contribution in [1.82, 2.24) is 9.97 Å². The SMILES string of the molecule is Cc1cccnc1CNc1nccc(C(=O)O)c1N. The molecule has 2 aromatic rings. The van der Waals surface area contributed by atoms with Crippen LogP contribution in [0, 0.1) is 6.92 Å². The molecule has 2 heterocycles.